The van der Waals surface area contributed by atoms with Crippen molar-refractivity contribution in [1.82, 2.24) is 19.5 Å². The summed E-state index contributed by atoms with van der Waals surface area (Å²) >= 11 is 0. The Hall–Kier alpha value is -3.74. The standard InChI is InChI=1S/C19H13N5O2/c25-18(17(23-26)16-12-20-9-10-21-16)13-3-5-15(6-4-13)24-11-7-14-2-1-8-22-19(14)24/h1-12,17H. The van der Waals surface area contributed by atoms with E-state index < -0.39 is 11.8 Å². The number of rotatable bonds is 5. The zero-order chi connectivity index (χ0) is 17.9. The van der Waals surface area contributed by atoms with E-state index in [9.17, 15) is 9.70 Å². The van der Waals surface area contributed by atoms with Crippen molar-refractivity contribution in [3.63, 3.8) is 0 Å². The number of Topliss-reactive ketones (excluding diaryl/α,β-unsaturated/α-hetero) is 1. The Balaban J connectivity index is 1.65. The van der Waals surface area contributed by atoms with Crippen LogP contribution in [0.15, 0.2) is 78.6 Å². The summed E-state index contributed by atoms with van der Waals surface area (Å²) in [5, 5.41) is 3.96. The molecular formula is C19H13N5O2. The van der Waals surface area contributed by atoms with Gasteiger partial charge in [-0.15, -0.1) is 4.91 Å². The molecule has 0 saturated heterocycles. The van der Waals surface area contributed by atoms with Crippen LogP contribution in [0.4, 0.5) is 0 Å². The fraction of sp³-hybridized carbons (Fsp3) is 0.0526. The van der Waals surface area contributed by atoms with Gasteiger partial charge < -0.3 is 4.57 Å². The molecule has 0 bridgehead atoms. The molecule has 0 saturated carbocycles. The van der Waals surface area contributed by atoms with Crippen molar-refractivity contribution >= 4 is 16.8 Å². The number of ketones is 1. The summed E-state index contributed by atoms with van der Waals surface area (Å²) in [5.74, 6) is -0.414. The maximum Gasteiger partial charge on any atom is 0.198 e. The van der Waals surface area contributed by atoms with Gasteiger partial charge in [-0.25, -0.2) is 4.98 Å². The van der Waals surface area contributed by atoms with Crippen molar-refractivity contribution in [2.24, 2.45) is 5.18 Å². The van der Waals surface area contributed by atoms with Gasteiger partial charge in [0.15, 0.2) is 11.8 Å². The minimum atomic E-state index is -1.20. The highest BCUT2D eigenvalue weighted by Crippen LogP contribution is 2.22. The van der Waals surface area contributed by atoms with Gasteiger partial charge in [0, 0.05) is 41.4 Å². The molecule has 126 valence electrons. The summed E-state index contributed by atoms with van der Waals surface area (Å²) < 4.78 is 1.93. The van der Waals surface area contributed by atoms with Crippen LogP contribution in [-0.4, -0.2) is 25.3 Å². The molecule has 7 nitrogen and oxygen atoms in total. The summed E-state index contributed by atoms with van der Waals surface area (Å²) in [6.07, 6.45) is 7.92. The summed E-state index contributed by atoms with van der Waals surface area (Å²) in [5.41, 5.74) is 2.31. The largest absolute Gasteiger partial charge is 0.301 e. The number of carbonyl (C=O) groups is 1. The lowest BCUT2D eigenvalue weighted by molar-refractivity contribution is 0.0960. The van der Waals surface area contributed by atoms with E-state index in [1.165, 1.54) is 18.6 Å². The number of pyridine rings is 1. The van der Waals surface area contributed by atoms with Gasteiger partial charge in [-0.3, -0.25) is 14.8 Å². The van der Waals surface area contributed by atoms with Crippen LogP contribution >= 0.6 is 0 Å². The molecule has 0 aliphatic heterocycles. The average molecular weight is 343 g/mol. The highest BCUT2D eigenvalue weighted by atomic mass is 16.3. The number of carbonyl (C=O) groups excluding carboxylic acids is 1. The predicted octanol–water partition coefficient (Wildman–Crippen LogP) is 3.51. The molecule has 7 heteroatoms. The monoisotopic (exact) mass is 343 g/mol. The van der Waals surface area contributed by atoms with Gasteiger partial charge in [-0.1, -0.05) is 5.18 Å². The van der Waals surface area contributed by atoms with Crippen LogP contribution in [0.5, 0.6) is 0 Å². The first-order chi connectivity index (χ1) is 12.8. The fourth-order valence-corrected chi connectivity index (χ4v) is 2.81. The van der Waals surface area contributed by atoms with Crippen molar-refractivity contribution in [3.05, 3.63) is 89.6 Å². The Morgan fingerprint density at radius 3 is 2.58 bits per heavy atom. The van der Waals surface area contributed by atoms with Crippen LogP contribution in [-0.2, 0) is 0 Å². The minimum Gasteiger partial charge on any atom is -0.301 e. The fourth-order valence-electron chi connectivity index (χ4n) is 2.81. The Morgan fingerprint density at radius 1 is 1.00 bits per heavy atom. The molecule has 1 aromatic carbocycles. The van der Waals surface area contributed by atoms with Gasteiger partial charge in [0.1, 0.15) is 5.65 Å². The Kier molecular flexibility index (Phi) is 4.03. The van der Waals surface area contributed by atoms with E-state index in [1.54, 1.807) is 30.5 Å². The number of benzene rings is 1. The van der Waals surface area contributed by atoms with Crippen LogP contribution in [0.3, 0.4) is 0 Å². The zero-order valence-corrected chi connectivity index (χ0v) is 13.6. The molecule has 4 rings (SSSR count). The lowest BCUT2D eigenvalue weighted by atomic mass is 10.0. The van der Waals surface area contributed by atoms with E-state index in [2.05, 4.69) is 20.1 Å². The molecule has 0 fully saturated rings. The molecule has 0 spiro atoms. The summed E-state index contributed by atoms with van der Waals surface area (Å²) in [6.45, 7) is 0. The van der Waals surface area contributed by atoms with Crippen molar-refractivity contribution in [1.29, 1.82) is 0 Å². The molecule has 0 N–H and O–H groups in total. The quantitative estimate of drug-likeness (QED) is 0.408. The van der Waals surface area contributed by atoms with Gasteiger partial charge in [-0.2, -0.15) is 0 Å². The number of hydrogen-bond donors (Lipinski definition) is 0. The number of nitroso groups, excluding NO2 is 1. The van der Waals surface area contributed by atoms with Gasteiger partial charge in [-0.05, 0) is 42.5 Å². The number of hydrogen-bond acceptors (Lipinski definition) is 6. The van der Waals surface area contributed by atoms with Crippen molar-refractivity contribution < 1.29 is 4.79 Å². The number of aromatic nitrogens is 4. The van der Waals surface area contributed by atoms with E-state index in [0.29, 0.717) is 5.56 Å². The average Bonchev–Trinajstić information content (AvgIpc) is 3.13. The van der Waals surface area contributed by atoms with Crippen LogP contribution in [0.25, 0.3) is 16.7 Å². The first-order valence-corrected chi connectivity index (χ1v) is 7.93. The SMILES string of the molecule is O=NC(C(=O)c1ccc(-n2ccc3cccnc32)cc1)c1cnccn1. The Morgan fingerprint density at radius 2 is 1.85 bits per heavy atom. The molecule has 3 aromatic heterocycles. The first kappa shape index (κ1) is 15.8. The van der Waals surface area contributed by atoms with Crippen molar-refractivity contribution in [2.75, 3.05) is 0 Å². The lowest BCUT2D eigenvalue weighted by Crippen LogP contribution is -2.12. The minimum absolute atomic E-state index is 0.234. The molecule has 26 heavy (non-hydrogen) atoms. The van der Waals surface area contributed by atoms with Crippen molar-refractivity contribution in [2.45, 2.75) is 6.04 Å². The van der Waals surface area contributed by atoms with E-state index in [0.717, 1.165) is 16.7 Å². The Labute approximate surface area is 148 Å². The molecular weight excluding hydrogens is 330 g/mol. The van der Waals surface area contributed by atoms with Crippen LogP contribution < -0.4 is 0 Å². The smallest absolute Gasteiger partial charge is 0.198 e. The molecule has 0 amide bonds. The molecule has 0 aliphatic carbocycles. The maximum atomic E-state index is 12.6. The van der Waals surface area contributed by atoms with E-state index in [4.69, 9.17) is 0 Å². The van der Waals surface area contributed by atoms with Crippen LogP contribution in [0, 0.1) is 4.91 Å². The molecule has 0 aliphatic rings. The van der Waals surface area contributed by atoms with Gasteiger partial charge >= 0.3 is 0 Å². The third-order valence-corrected chi connectivity index (χ3v) is 4.10. The molecule has 1 atom stereocenters. The number of nitrogens with zero attached hydrogens (tertiary/aromatic N) is 5. The molecule has 0 radical (unpaired) electrons. The van der Waals surface area contributed by atoms with Crippen LogP contribution in [0.2, 0.25) is 0 Å². The highest BCUT2D eigenvalue weighted by Gasteiger charge is 2.24. The third kappa shape index (κ3) is 2.75. The van der Waals surface area contributed by atoms with Gasteiger partial charge in [0.25, 0.3) is 0 Å². The molecule has 4 aromatic rings. The maximum absolute atomic E-state index is 12.6. The second-order valence-corrected chi connectivity index (χ2v) is 5.65. The van der Waals surface area contributed by atoms with Gasteiger partial charge in [0.2, 0.25) is 0 Å². The van der Waals surface area contributed by atoms with E-state index >= 15 is 0 Å². The molecule has 3 heterocycles. The topological polar surface area (TPSA) is 90.1 Å². The predicted molar refractivity (Wildman–Crippen MR) is 96.0 cm³/mol. The summed E-state index contributed by atoms with van der Waals surface area (Å²) in [4.78, 5) is 36.0. The summed E-state index contributed by atoms with van der Waals surface area (Å²) in [7, 11) is 0. The number of fused-ring (bicyclic) bond motifs is 1. The first-order valence-electron chi connectivity index (χ1n) is 7.93. The molecule has 1 unspecified atom stereocenters. The Bertz CT molecular complexity index is 1070. The van der Waals surface area contributed by atoms with Crippen LogP contribution in [0.1, 0.15) is 22.1 Å². The lowest BCUT2D eigenvalue weighted by Gasteiger charge is -2.09. The second-order valence-electron chi connectivity index (χ2n) is 5.65. The van der Waals surface area contributed by atoms with E-state index in [-0.39, 0.29) is 5.69 Å². The third-order valence-electron chi connectivity index (χ3n) is 4.10. The highest BCUT2D eigenvalue weighted by molar-refractivity contribution is 6.00. The van der Waals surface area contributed by atoms with Crippen molar-refractivity contribution in [3.8, 4) is 5.69 Å². The zero-order valence-electron chi connectivity index (χ0n) is 13.6. The second kappa shape index (κ2) is 6.64. The van der Waals surface area contributed by atoms with E-state index in [1.807, 2.05) is 29.0 Å². The normalized spacial score (nSPS) is 12.0. The summed E-state index contributed by atoms with van der Waals surface area (Å²) in [6, 6.07) is 11.6. The van der Waals surface area contributed by atoms with Gasteiger partial charge in [0.05, 0.1) is 11.9 Å².